The zero-order valence-corrected chi connectivity index (χ0v) is 10.3. The fraction of sp³-hybridized carbons (Fsp3) is 0.308. The molecule has 2 rings (SSSR count). The third-order valence-corrected chi connectivity index (χ3v) is 2.76. The lowest BCUT2D eigenvalue weighted by molar-refractivity contribution is 0.873. The Kier molecular flexibility index (Phi) is 3.44. The second-order valence-electron chi connectivity index (χ2n) is 4.20. The average molecular weight is 230 g/mol. The molecule has 17 heavy (non-hydrogen) atoms. The van der Waals surface area contributed by atoms with Gasteiger partial charge in [0.05, 0.1) is 6.33 Å². The molecule has 90 valence electrons. The first-order valence-electron chi connectivity index (χ1n) is 5.71. The van der Waals surface area contributed by atoms with Gasteiger partial charge in [-0.2, -0.15) is 0 Å². The van der Waals surface area contributed by atoms with Gasteiger partial charge in [0.1, 0.15) is 0 Å². The van der Waals surface area contributed by atoms with Crippen molar-refractivity contribution in [3.8, 4) is 5.69 Å². The predicted molar refractivity (Wildman–Crippen MR) is 70.6 cm³/mol. The molecule has 0 aliphatic carbocycles. The predicted octanol–water partition coefficient (Wildman–Crippen LogP) is 1.44. The molecule has 0 fully saturated rings. The number of aromatic nitrogens is 2. The van der Waals surface area contributed by atoms with E-state index in [1.165, 1.54) is 5.69 Å². The van der Waals surface area contributed by atoms with E-state index in [-0.39, 0.29) is 0 Å². The minimum absolute atomic E-state index is 0.640. The summed E-state index contributed by atoms with van der Waals surface area (Å²) in [5, 5.41) is 0. The molecule has 0 amide bonds. The van der Waals surface area contributed by atoms with Crippen LogP contribution in [-0.4, -0.2) is 30.2 Å². The summed E-state index contributed by atoms with van der Waals surface area (Å²) < 4.78 is 2.08. The molecular weight excluding hydrogens is 212 g/mol. The van der Waals surface area contributed by atoms with E-state index in [1.54, 1.807) is 0 Å². The number of nitrogens with two attached hydrogens (primary N) is 1. The maximum atomic E-state index is 5.58. The van der Waals surface area contributed by atoms with Crippen LogP contribution in [0.5, 0.6) is 0 Å². The van der Waals surface area contributed by atoms with Crippen molar-refractivity contribution in [2.75, 3.05) is 25.5 Å². The molecule has 0 bridgehead atoms. The normalized spacial score (nSPS) is 10.5. The summed E-state index contributed by atoms with van der Waals surface area (Å²) in [6.07, 6.45) is 4.54. The summed E-state index contributed by atoms with van der Waals surface area (Å²) >= 11 is 0. The first-order chi connectivity index (χ1) is 8.22. The molecule has 4 heteroatoms. The van der Waals surface area contributed by atoms with E-state index in [1.807, 2.05) is 26.6 Å². The van der Waals surface area contributed by atoms with Crippen LogP contribution in [0.15, 0.2) is 36.8 Å². The minimum atomic E-state index is 0.640. The quantitative estimate of drug-likeness (QED) is 0.864. The van der Waals surface area contributed by atoms with Crippen LogP contribution < -0.4 is 10.6 Å². The highest BCUT2D eigenvalue weighted by Gasteiger charge is 2.03. The maximum absolute atomic E-state index is 5.58. The zero-order chi connectivity index (χ0) is 12.3. The summed E-state index contributed by atoms with van der Waals surface area (Å²) in [6.45, 7) is 0.640. The number of hydrogen-bond acceptors (Lipinski definition) is 3. The van der Waals surface area contributed by atoms with Crippen LogP contribution in [-0.2, 0) is 6.42 Å². The van der Waals surface area contributed by atoms with Crippen LogP contribution in [0.3, 0.4) is 0 Å². The van der Waals surface area contributed by atoms with E-state index in [0.29, 0.717) is 6.54 Å². The number of nitrogens with zero attached hydrogens (tertiary/aromatic N) is 3. The summed E-state index contributed by atoms with van der Waals surface area (Å²) in [5.74, 6) is 0. The van der Waals surface area contributed by atoms with Crippen LogP contribution in [0.2, 0.25) is 0 Å². The number of benzene rings is 1. The van der Waals surface area contributed by atoms with Gasteiger partial charge in [-0.05, 0) is 30.8 Å². The van der Waals surface area contributed by atoms with E-state index < -0.39 is 0 Å². The van der Waals surface area contributed by atoms with Crippen LogP contribution in [0.1, 0.15) is 5.69 Å². The maximum Gasteiger partial charge on any atom is 0.0994 e. The molecule has 0 saturated heterocycles. The van der Waals surface area contributed by atoms with E-state index in [0.717, 1.165) is 17.8 Å². The van der Waals surface area contributed by atoms with Crippen molar-refractivity contribution in [2.45, 2.75) is 6.42 Å². The van der Waals surface area contributed by atoms with Gasteiger partial charge >= 0.3 is 0 Å². The van der Waals surface area contributed by atoms with Gasteiger partial charge in [-0.3, -0.25) is 0 Å². The highest BCUT2D eigenvalue weighted by Crippen LogP contribution is 2.16. The molecule has 0 radical (unpaired) electrons. The Bertz CT molecular complexity index is 470. The number of anilines is 1. The molecule has 0 aliphatic heterocycles. The largest absolute Gasteiger partial charge is 0.378 e. The van der Waals surface area contributed by atoms with E-state index in [9.17, 15) is 0 Å². The second-order valence-corrected chi connectivity index (χ2v) is 4.20. The van der Waals surface area contributed by atoms with Gasteiger partial charge in [0.25, 0.3) is 0 Å². The Morgan fingerprint density at radius 2 is 1.94 bits per heavy atom. The van der Waals surface area contributed by atoms with Gasteiger partial charge < -0.3 is 15.2 Å². The van der Waals surface area contributed by atoms with Crippen molar-refractivity contribution < 1.29 is 0 Å². The van der Waals surface area contributed by atoms with Crippen molar-refractivity contribution in [3.63, 3.8) is 0 Å². The highest BCUT2D eigenvalue weighted by atomic mass is 15.1. The van der Waals surface area contributed by atoms with Gasteiger partial charge in [-0.15, -0.1) is 0 Å². The Labute approximate surface area is 102 Å². The molecular formula is C13H18N4. The molecule has 4 nitrogen and oxygen atoms in total. The zero-order valence-electron chi connectivity index (χ0n) is 10.3. The molecule has 0 saturated carbocycles. The first-order valence-corrected chi connectivity index (χ1v) is 5.71. The fourth-order valence-electron chi connectivity index (χ4n) is 1.80. The molecule has 1 aromatic heterocycles. The highest BCUT2D eigenvalue weighted by molar-refractivity contribution is 5.50. The molecule has 2 aromatic rings. The summed E-state index contributed by atoms with van der Waals surface area (Å²) in [5.41, 5.74) is 9.04. The molecule has 0 atom stereocenters. The standard InChI is InChI=1S/C13H18N4/c1-16(2)11-3-5-12(6-4-11)17-10-15-9-13(17)7-8-14/h3-6,9-10H,7-8,14H2,1-2H3. The van der Waals surface area contributed by atoms with Gasteiger partial charge in [-0.1, -0.05) is 0 Å². The fourth-order valence-corrected chi connectivity index (χ4v) is 1.80. The van der Waals surface area contributed by atoms with Crippen LogP contribution >= 0.6 is 0 Å². The van der Waals surface area contributed by atoms with Crippen molar-refractivity contribution in [2.24, 2.45) is 5.73 Å². The number of hydrogen-bond donors (Lipinski definition) is 1. The lowest BCUT2D eigenvalue weighted by Gasteiger charge is -2.13. The lowest BCUT2D eigenvalue weighted by atomic mass is 10.2. The van der Waals surface area contributed by atoms with Crippen molar-refractivity contribution in [3.05, 3.63) is 42.5 Å². The van der Waals surface area contributed by atoms with Gasteiger partial charge in [0.15, 0.2) is 0 Å². The second kappa shape index (κ2) is 5.01. The minimum Gasteiger partial charge on any atom is -0.378 e. The van der Waals surface area contributed by atoms with Crippen LogP contribution in [0.25, 0.3) is 5.69 Å². The van der Waals surface area contributed by atoms with Crippen molar-refractivity contribution >= 4 is 5.69 Å². The molecule has 1 aromatic carbocycles. The Morgan fingerprint density at radius 1 is 1.24 bits per heavy atom. The Morgan fingerprint density at radius 3 is 2.53 bits per heavy atom. The summed E-state index contributed by atoms with van der Waals surface area (Å²) in [7, 11) is 4.07. The van der Waals surface area contributed by atoms with Crippen LogP contribution in [0, 0.1) is 0 Å². The van der Waals surface area contributed by atoms with Gasteiger partial charge in [0.2, 0.25) is 0 Å². The van der Waals surface area contributed by atoms with Crippen molar-refractivity contribution in [1.82, 2.24) is 9.55 Å². The molecule has 1 heterocycles. The third kappa shape index (κ3) is 2.47. The van der Waals surface area contributed by atoms with Gasteiger partial charge in [-0.25, -0.2) is 4.98 Å². The molecule has 0 unspecified atom stereocenters. The number of imidazole rings is 1. The Balaban J connectivity index is 2.30. The average Bonchev–Trinajstić information content (AvgIpc) is 2.78. The topological polar surface area (TPSA) is 47.1 Å². The molecule has 2 N–H and O–H groups in total. The van der Waals surface area contributed by atoms with E-state index in [4.69, 9.17) is 5.73 Å². The third-order valence-electron chi connectivity index (χ3n) is 2.76. The van der Waals surface area contributed by atoms with E-state index >= 15 is 0 Å². The lowest BCUT2D eigenvalue weighted by Crippen LogP contribution is -2.09. The SMILES string of the molecule is CN(C)c1ccc(-n2cncc2CCN)cc1. The van der Waals surface area contributed by atoms with Gasteiger partial charge in [0, 0.05) is 43.8 Å². The first kappa shape index (κ1) is 11.7. The van der Waals surface area contributed by atoms with Crippen LogP contribution in [0.4, 0.5) is 5.69 Å². The number of rotatable bonds is 4. The van der Waals surface area contributed by atoms with Crippen molar-refractivity contribution in [1.29, 1.82) is 0 Å². The molecule has 0 aliphatic rings. The molecule has 0 spiro atoms. The van der Waals surface area contributed by atoms with E-state index in [2.05, 4.69) is 38.7 Å². The summed E-state index contributed by atoms with van der Waals surface area (Å²) in [4.78, 5) is 6.25. The smallest absolute Gasteiger partial charge is 0.0994 e. The summed E-state index contributed by atoms with van der Waals surface area (Å²) in [6, 6.07) is 8.39. The monoisotopic (exact) mass is 230 g/mol. The Hall–Kier alpha value is -1.81.